The zero-order valence-corrected chi connectivity index (χ0v) is 8.52. The number of carbonyl (C=O) groups is 2. The Balaban J connectivity index is 2.05. The lowest BCUT2D eigenvalue weighted by molar-refractivity contribution is -0.115. The SMILES string of the molecule is O=CC1CCCC1C1CCCC1C=O. The Bertz CT molecular complexity index is 200. The van der Waals surface area contributed by atoms with Crippen molar-refractivity contribution < 1.29 is 9.59 Å². The van der Waals surface area contributed by atoms with Crippen molar-refractivity contribution in [3.05, 3.63) is 0 Å². The lowest BCUT2D eigenvalue weighted by atomic mass is 9.79. The van der Waals surface area contributed by atoms with Gasteiger partial charge in [0.1, 0.15) is 12.6 Å². The molecule has 0 heterocycles. The quantitative estimate of drug-likeness (QED) is 0.645. The van der Waals surface area contributed by atoms with Crippen molar-refractivity contribution in [2.45, 2.75) is 38.5 Å². The molecule has 2 rings (SSSR count). The largest absolute Gasteiger partial charge is 0.303 e. The Hall–Kier alpha value is -0.660. The summed E-state index contributed by atoms with van der Waals surface area (Å²) in [6, 6.07) is 0. The molecule has 78 valence electrons. The number of hydrogen-bond acceptors (Lipinski definition) is 2. The summed E-state index contributed by atoms with van der Waals surface area (Å²) < 4.78 is 0. The van der Waals surface area contributed by atoms with Gasteiger partial charge in [-0.3, -0.25) is 0 Å². The average molecular weight is 194 g/mol. The molecule has 2 saturated carbocycles. The molecule has 0 aromatic heterocycles. The van der Waals surface area contributed by atoms with Gasteiger partial charge in [-0.2, -0.15) is 0 Å². The Morgan fingerprint density at radius 2 is 1.14 bits per heavy atom. The van der Waals surface area contributed by atoms with Crippen LogP contribution in [0.15, 0.2) is 0 Å². The van der Waals surface area contributed by atoms with Crippen LogP contribution in [0.1, 0.15) is 38.5 Å². The molecular weight excluding hydrogens is 176 g/mol. The van der Waals surface area contributed by atoms with Crippen molar-refractivity contribution in [3.8, 4) is 0 Å². The Labute approximate surface area is 85.1 Å². The topological polar surface area (TPSA) is 34.1 Å². The molecule has 0 bridgehead atoms. The third kappa shape index (κ3) is 1.62. The second kappa shape index (κ2) is 4.24. The molecule has 2 fully saturated rings. The van der Waals surface area contributed by atoms with Gasteiger partial charge in [0.25, 0.3) is 0 Å². The highest BCUT2D eigenvalue weighted by Gasteiger charge is 2.39. The van der Waals surface area contributed by atoms with Gasteiger partial charge in [0.2, 0.25) is 0 Å². The highest BCUT2D eigenvalue weighted by Crippen LogP contribution is 2.45. The first-order valence-electron chi connectivity index (χ1n) is 5.77. The summed E-state index contributed by atoms with van der Waals surface area (Å²) in [4.78, 5) is 21.8. The maximum atomic E-state index is 10.9. The fourth-order valence-electron chi connectivity index (χ4n) is 3.44. The van der Waals surface area contributed by atoms with Crippen LogP contribution in [0.2, 0.25) is 0 Å². The molecule has 0 spiro atoms. The van der Waals surface area contributed by atoms with E-state index in [-0.39, 0.29) is 11.8 Å². The van der Waals surface area contributed by atoms with Crippen LogP contribution in [0.4, 0.5) is 0 Å². The highest BCUT2D eigenvalue weighted by molar-refractivity contribution is 5.57. The van der Waals surface area contributed by atoms with E-state index in [9.17, 15) is 9.59 Å². The van der Waals surface area contributed by atoms with Gasteiger partial charge in [-0.15, -0.1) is 0 Å². The predicted molar refractivity (Wildman–Crippen MR) is 53.8 cm³/mol. The van der Waals surface area contributed by atoms with Crippen molar-refractivity contribution >= 4 is 12.6 Å². The molecule has 0 aromatic rings. The molecule has 2 aliphatic carbocycles. The number of carbonyl (C=O) groups excluding carboxylic acids is 2. The maximum absolute atomic E-state index is 10.9. The number of aldehydes is 2. The molecule has 0 amide bonds. The van der Waals surface area contributed by atoms with Gasteiger partial charge in [0, 0.05) is 11.8 Å². The molecule has 4 atom stereocenters. The summed E-state index contributed by atoms with van der Waals surface area (Å²) >= 11 is 0. The van der Waals surface area contributed by atoms with E-state index in [1.165, 1.54) is 25.7 Å². The third-order valence-electron chi connectivity index (χ3n) is 4.15. The van der Waals surface area contributed by atoms with E-state index in [1.807, 2.05) is 0 Å². The van der Waals surface area contributed by atoms with Gasteiger partial charge >= 0.3 is 0 Å². The maximum Gasteiger partial charge on any atom is 0.123 e. The fourth-order valence-corrected chi connectivity index (χ4v) is 3.44. The van der Waals surface area contributed by atoms with Crippen LogP contribution in [-0.2, 0) is 9.59 Å². The first-order valence-corrected chi connectivity index (χ1v) is 5.77. The standard InChI is InChI=1S/C12H18O2/c13-7-9-3-1-5-11(9)12-6-2-4-10(12)8-14/h7-12H,1-6H2. The van der Waals surface area contributed by atoms with E-state index >= 15 is 0 Å². The van der Waals surface area contributed by atoms with Gasteiger partial charge < -0.3 is 9.59 Å². The fraction of sp³-hybridized carbons (Fsp3) is 0.833. The molecule has 0 aliphatic heterocycles. The lowest BCUT2D eigenvalue weighted by Gasteiger charge is -2.24. The minimum atomic E-state index is 0.251. The molecule has 2 heteroatoms. The van der Waals surface area contributed by atoms with E-state index in [2.05, 4.69) is 0 Å². The second-order valence-electron chi connectivity index (χ2n) is 4.79. The van der Waals surface area contributed by atoms with Crippen molar-refractivity contribution in [1.29, 1.82) is 0 Å². The summed E-state index contributed by atoms with van der Waals surface area (Å²) in [6.45, 7) is 0. The average Bonchev–Trinajstić information content (AvgIpc) is 2.85. The molecule has 0 radical (unpaired) electrons. The third-order valence-corrected chi connectivity index (χ3v) is 4.15. The van der Waals surface area contributed by atoms with Crippen molar-refractivity contribution in [3.63, 3.8) is 0 Å². The minimum Gasteiger partial charge on any atom is -0.303 e. The Kier molecular flexibility index (Phi) is 2.99. The molecule has 14 heavy (non-hydrogen) atoms. The van der Waals surface area contributed by atoms with Crippen LogP contribution < -0.4 is 0 Å². The molecule has 0 aromatic carbocycles. The van der Waals surface area contributed by atoms with Crippen LogP contribution in [0.5, 0.6) is 0 Å². The number of rotatable bonds is 3. The highest BCUT2D eigenvalue weighted by atomic mass is 16.1. The van der Waals surface area contributed by atoms with Crippen molar-refractivity contribution in [1.82, 2.24) is 0 Å². The smallest absolute Gasteiger partial charge is 0.123 e. The van der Waals surface area contributed by atoms with Gasteiger partial charge in [-0.05, 0) is 37.5 Å². The van der Waals surface area contributed by atoms with E-state index in [0.29, 0.717) is 11.8 Å². The zero-order chi connectivity index (χ0) is 9.97. The van der Waals surface area contributed by atoms with Crippen LogP contribution in [-0.4, -0.2) is 12.6 Å². The summed E-state index contributed by atoms with van der Waals surface area (Å²) in [6.07, 6.45) is 9.03. The van der Waals surface area contributed by atoms with Gasteiger partial charge in [0.05, 0.1) is 0 Å². The van der Waals surface area contributed by atoms with E-state index in [1.54, 1.807) is 0 Å². The Morgan fingerprint density at radius 1 is 0.714 bits per heavy atom. The lowest BCUT2D eigenvalue weighted by Crippen LogP contribution is -2.23. The van der Waals surface area contributed by atoms with E-state index < -0.39 is 0 Å². The van der Waals surface area contributed by atoms with Gasteiger partial charge in [-0.1, -0.05) is 12.8 Å². The molecule has 4 unspecified atom stereocenters. The van der Waals surface area contributed by atoms with Crippen LogP contribution in [0.3, 0.4) is 0 Å². The first kappa shape index (κ1) is 9.88. The predicted octanol–water partition coefficient (Wildman–Crippen LogP) is 2.22. The summed E-state index contributed by atoms with van der Waals surface area (Å²) in [7, 11) is 0. The van der Waals surface area contributed by atoms with Crippen LogP contribution in [0.25, 0.3) is 0 Å². The van der Waals surface area contributed by atoms with E-state index in [0.717, 1.165) is 25.4 Å². The first-order chi connectivity index (χ1) is 6.86. The van der Waals surface area contributed by atoms with Crippen molar-refractivity contribution in [2.75, 3.05) is 0 Å². The Morgan fingerprint density at radius 3 is 1.50 bits per heavy atom. The number of hydrogen-bond donors (Lipinski definition) is 0. The van der Waals surface area contributed by atoms with Crippen molar-refractivity contribution in [2.24, 2.45) is 23.7 Å². The molecular formula is C12H18O2. The summed E-state index contributed by atoms with van der Waals surface area (Å²) in [5.41, 5.74) is 0. The summed E-state index contributed by atoms with van der Waals surface area (Å²) in [5.74, 6) is 1.54. The molecule has 2 nitrogen and oxygen atoms in total. The van der Waals surface area contributed by atoms with Crippen LogP contribution >= 0.6 is 0 Å². The molecule has 0 saturated heterocycles. The normalized spacial score (nSPS) is 42.6. The minimum absolute atomic E-state index is 0.251. The monoisotopic (exact) mass is 194 g/mol. The van der Waals surface area contributed by atoms with Gasteiger partial charge in [0.15, 0.2) is 0 Å². The van der Waals surface area contributed by atoms with Crippen LogP contribution in [0, 0.1) is 23.7 Å². The second-order valence-corrected chi connectivity index (χ2v) is 4.79. The van der Waals surface area contributed by atoms with E-state index in [4.69, 9.17) is 0 Å². The molecule has 0 N–H and O–H groups in total. The van der Waals surface area contributed by atoms with Gasteiger partial charge in [-0.25, -0.2) is 0 Å². The molecule has 2 aliphatic rings. The summed E-state index contributed by atoms with van der Waals surface area (Å²) in [5, 5.41) is 0. The zero-order valence-electron chi connectivity index (χ0n) is 8.52.